The number of benzene rings is 2. The molecule has 2 saturated heterocycles. The van der Waals surface area contributed by atoms with Crippen LogP contribution in [0, 0.1) is 0 Å². The molecule has 0 aliphatic carbocycles. The number of nitrogens with zero attached hydrogens (tertiary/aromatic N) is 4. The van der Waals surface area contributed by atoms with E-state index < -0.39 is 0 Å². The van der Waals surface area contributed by atoms with Gasteiger partial charge in [0.2, 0.25) is 0 Å². The Morgan fingerprint density at radius 1 is 0.935 bits per heavy atom. The number of rotatable bonds is 4. The number of piperazine rings is 1. The number of amides is 1. The quantitative estimate of drug-likeness (QED) is 0.624. The fraction of sp³-hybridized carbons (Fsp3) is 0.360. The summed E-state index contributed by atoms with van der Waals surface area (Å²) < 4.78 is 0. The minimum absolute atomic E-state index is 0.0506. The summed E-state index contributed by atoms with van der Waals surface area (Å²) in [6, 6.07) is 20.4. The number of hydrogen-bond donors (Lipinski definition) is 0. The van der Waals surface area contributed by atoms with Gasteiger partial charge in [-0.2, -0.15) is 0 Å². The molecule has 5 rings (SSSR count). The molecule has 2 aliphatic heterocycles. The summed E-state index contributed by atoms with van der Waals surface area (Å²) in [4.78, 5) is 24.6. The van der Waals surface area contributed by atoms with Crippen molar-refractivity contribution in [2.24, 2.45) is 0 Å². The van der Waals surface area contributed by atoms with E-state index in [1.807, 2.05) is 53.4 Å². The first kappa shape index (κ1) is 20.4. The van der Waals surface area contributed by atoms with E-state index in [-0.39, 0.29) is 5.91 Å². The lowest BCUT2D eigenvalue weighted by Gasteiger charge is -2.38. The van der Waals surface area contributed by atoms with Gasteiger partial charge in [-0.15, -0.1) is 0 Å². The van der Waals surface area contributed by atoms with Crippen LogP contribution in [0.15, 0.2) is 60.7 Å². The molecule has 0 unspecified atom stereocenters. The molecule has 0 bridgehead atoms. The van der Waals surface area contributed by atoms with E-state index in [0.717, 1.165) is 68.2 Å². The van der Waals surface area contributed by atoms with Gasteiger partial charge in [-0.05, 0) is 36.2 Å². The highest BCUT2D eigenvalue weighted by atomic mass is 35.5. The number of fused-ring (bicyclic) bond motifs is 1. The third-order valence-corrected chi connectivity index (χ3v) is 6.76. The highest BCUT2D eigenvalue weighted by Crippen LogP contribution is 2.21. The second-order valence-corrected chi connectivity index (χ2v) is 8.96. The van der Waals surface area contributed by atoms with E-state index >= 15 is 0 Å². The zero-order chi connectivity index (χ0) is 21.2. The van der Waals surface area contributed by atoms with E-state index in [1.54, 1.807) is 0 Å². The molecule has 5 nitrogen and oxygen atoms in total. The number of carbonyl (C=O) groups is 1. The van der Waals surface area contributed by atoms with Crippen molar-refractivity contribution >= 4 is 28.4 Å². The van der Waals surface area contributed by atoms with Crippen LogP contribution < -0.4 is 0 Å². The SMILES string of the molecule is O=C(c1ccc2ccccc2n1)N1CC[C@H](N2CCN(Cc3ccc(Cl)cc3)CC2)C1. The first-order valence-electron chi connectivity index (χ1n) is 11.0. The van der Waals surface area contributed by atoms with Crippen LogP contribution in [-0.2, 0) is 6.54 Å². The number of pyridine rings is 1. The van der Waals surface area contributed by atoms with Gasteiger partial charge in [-0.3, -0.25) is 14.6 Å². The maximum atomic E-state index is 13.0. The third-order valence-electron chi connectivity index (χ3n) is 6.51. The summed E-state index contributed by atoms with van der Waals surface area (Å²) in [5.41, 5.74) is 2.73. The predicted octanol–water partition coefficient (Wildman–Crippen LogP) is 3.92. The molecule has 31 heavy (non-hydrogen) atoms. The van der Waals surface area contributed by atoms with Gasteiger partial charge in [-0.1, -0.05) is 48.0 Å². The molecule has 2 fully saturated rings. The van der Waals surface area contributed by atoms with Crippen LogP contribution in [0.3, 0.4) is 0 Å². The van der Waals surface area contributed by atoms with Crippen molar-refractivity contribution in [2.75, 3.05) is 39.3 Å². The van der Waals surface area contributed by atoms with Gasteiger partial charge in [-0.25, -0.2) is 4.98 Å². The van der Waals surface area contributed by atoms with Crippen molar-refractivity contribution in [3.05, 3.63) is 76.9 Å². The standard InChI is InChI=1S/C25H27ClN4O/c26-21-8-5-19(6-9-21)17-28-13-15-29(16-14-28)22-11-12-30(18-22)25(31)24-10-7-20-3-1-2-4-23(20)27-24/h1-10,22H,11-18H2/t22-/m0/s1. The second kappa shape index (κ2) is 8.95. The molecule has 6 heteroatoms. The van der Waals surface area contributed by atoms with Gasteiger partial charge < -0.3 is 4.90 Å². The van der Waals surface area contributed by atoms with Gasteiger partial charge in [0.25, 0.3) is 5.91 Å². The summed E-state index contributed by atoms with van der Waals surface area (Å²) in [5.74, 6) is 0.0506. The summed E-state index contributed by atoms with van der Waals surface area (Å²) in [7, 11) is 0. The van der Waals surface area contributed by atoms with E-state index in [1.165, 1.54) is 5.56 Å². The molecule has 3 heterocycles. The lowest BCUT2D eigenvalue weighted by Crippen LogP contribution is -2.50. The average molecular weight is 435 g/mol. The van der Waals surface area contributed by atoms with Crippen LogP contribution in [0.2, 0.25) is 5.02 Å². The van der Waals surface area contributed by atoms with Gasteiger partial charge in [0.15, 0.2) is 0 Å². The molecular formula is C25H27ClN4O. The van der Waals surface area contributed by atoms with Crippen LogP contribution in [0.5, 0.6) is 0 Å². The molecule has 2 aliphatic rings. The van der Waals surface area contributed by atoms with E-state index in [0.29, 0.717) is 11.7 Å². The number of carbonyl (C=O) groups excluding carboxylic acids is 1. The topological polar surface area (TPSA) is 39.7 Å². The molecule has 0 spiro atoms. The van der Waals surface area contributed by atoms with E-state index in [2.05, 4.69) is 26.9 Å². The Labute approximate surface area is 188 Å². The minimum atomic E-state index is 0.0506. The molecule has 0 saturated carbocycles. The highest BCUT2D eigenvalue weighted by Gasteiger charge is 2.32. The van der Waals surface area contributed by atoms with Crippen molar-refractivity contribution in [3.63, 3.8) is 0 Å². The predicted molar refractivity (Wildman–Crippen MR) is 124 cm³/mol. The largest absolute Gasteiger partial charge is 0.336 e. The lowest BCUT2D eigenvalue weighted by atomic mass is 10.1. The molecule has 1 atom stereocenters. The first-order valence-corrected chi connectivity index (χ1v) is 11.4. The number of halogens is 1. The number of hydrogen-bond acceptors (Lipinski definition) is 4. The van der Waals surface area contributed by atoms with Crippen molar-refractivity contribution < 1.29 is 4.79 Å². The smallest absolute Gasteiger partial charge is 0.272 e. The van der Waals surface area contributed by atoms with Crippen molar-refractivity contribution in [1.29, 1.82) is 0 Å². The van der Waals surface area contributed by atoms with E-state index in [4.69, 9.17) is 11.6 Å². The van der Waals surface area contributed by atoms with Crippen LogP contribution in [0.4, 0.5) is 0 Å². The summed E-state index contributed by atoms with van der Waals surface area (Å²) in [6.45, 7) is 6.78. The Morgan fingerprint density at radius 2 is 1.71 bits per heavy atom. The number of para-hydroxylation sites is 1. The number of aromatic nitrogens is 1. The minimum Gasteiger partial charge on any atom is -0.336 e. The molecule has 0 N–H and O–H groups in total. The van der Waals surface area contributed by atoms with Crippen LogP contribution in [0.1, 0.15) is 22.5 Å². The van der Waals surface area contributed by atoms with Crippen molar-refractivity contribution in [2.45, 2.75) is 19.0 Å². The zero-order valence-electron chi connectivity index (χ0n) is 17.6. The van der Waals surface area contributed by atoms with Crippen LogP contribution in [-0.4, -0.2) is 70.9 Å². The fourth-order valence-corrected chi connectivity index (χ4v) is 4.83. The monoisotopic (exact) mass is 434 g/mol. The molecule has 3 aromatic rings. The Kier molecular flexibility index (Phi) is 5.90. The summed E-state index contributed by atoms with van der Waals surface area (Å²) in [5, 5.41) is 1.85. The van der Waals surface area contributed by atoms with Gasteiger partial charge in [0.05, 0.1) is 5.52 Å². The third kappa shape index (κ3) is 4.59. The molecule has 2 aromatic carbocycles. The first-order chi connectivity index (χ1) is 15.2. The molecule has 0 radical (unpaired) electrons. The van der Waals surface area contributed by atoms with Crippen molar-refractivity contribution in [3.8, 4) is 0 Å². The Hall–Kier alpha value is -2.47. The Balaban J connectivity index is 1.15. The van der Waals surface area contributed by atoms with Crippen molar-refractivity contribution in [1.82, 2.24) is 19.7 Å². The van der Waals surface area contributed by atoms with Gasteiger partial charge in [0.1, 0.15) is 5.69 Å². The normalized spacial score (nSPS) is 20.4. The summed E-state index contributed by atoms with van der Waals surface area (Å²) >= 11 is 5.99. The molecular weight excluding hydrogens is 408 g/mol. The van der Waals surface area contributed by atoms with E-state index in [9.17, 15) is 4.79 Å². The summed E-state index contributed by atoms with van der Waals surface area (Å²) in [6.07, 6.45) is 1.04. The Bertz CT molecular complexity index is 1060. The molecule has 1 amide bonds. The number of likely N-dealkylation sites (tertiary alicyclic amines) is 1. The molecule has 160 valence electrons. The van der Waals surface area contributed by atoms with Crippen LogP contribution >= 0.6 is 11.6 Å². The van der Waals surface area contributed by atoms with Gasteiger partial charge >= 0.3 is 0 Å². The zero-order valence-corrected chi connectivity index (χ0v) is 18.3. The second-order valence-electron chi connectivity index (χ2n) is 8.52. The highest BCUT2D eigenvalue weighted by molar-refractivity contribution is 6.30. The maximum absolute atomic E-state index is 13.0. The van der Waals surface area contributed by atoms with Gasteiger partial charge in [0, 0.05) is 62.3 Å². The Morgan fingerprint density at radius 3 is 2.52 bits per heavy atom. The average Bonchev–Trinajstić information content (AvgIpc) is 3.30. The van der Waals surface area contributed by atoms with Crippen LogP contribution in [0.25, 0.3) is 10.9 Å². The fourth-order valence-electron chi connectivity index (χ4n) is 4.71. The lowest BCUT2D eigenvalue weighted by molar-refractivity contribution is 0.0730. The maximum Gasteiger partial charge on any atom is 0.272 e. The molecule has 1 aromatic heterocycles.